The van der Waals surface area contributed by atoms with Crippen molar-refractivity contribution in [3.8, 4) is 5.75 Å². The Morgan fingerprint density at radius 1 is 1.00 bits per heavy atom. The molecule has 0 heterocycles. The van der Waals surface area contributed by atoms with Crippen molar-refractivity contribution in [1.82, 2.24) is 5.32 Å². The molecule has 1 N–H and O–H groups in total. The average Bonchev–Trinajstić information content (AvgIpc) is 2.68. The van der Waals surface area contributed by atoms with E-state index in [2.05, 4.69) is 5.32 Å². The summed E-state index contributed by atoms with van der Waals surface area (Å²) in [5.41, 5.74) is 1.77. The largest absolute Gasteiger partial charge is 0.496 e. The minimum absolute atomic E-state index is 0.145. The molecule has 2 rings (SSSR count). The molecular weight excluding hydrogens is 334 g/mol. The Kier molecular flexibility index (Phi) is 7.64. The third-order valence-corrected chi connectivity index (χ3v) is 3.78. The standard InChI is InChI=1S/C20H23NO5/c1-24-18-11-7-6-10-16(18)12-17(20(23)25-2)21-19(22)14-26-13-15-8-4-3-5-9-15/h3-11,17H,12-14H2,1-2H3,(H,21,22)/t17-/m1/s1. The van der Waals surface area contributed by atoms with Crippen LogP contribution < -0.4 is 10.1 Å². The van der Waals surface area contributed by atoms with E-state index < -0.39 is 12.0 Å². The summed E-state index contributed by atoms with van der Waals surface area (Å²) in [6.45, 7) is 0.179. The van der Waals surface area contributed by atoms with E-state index in [-0.39, 0.29) is 18.9 Å². The number of benzene rings is 2. The van der Waals surface area contributed by atoms with Gasteiger partial charge in [0.25, 0.3) is 0 Å². The van der Waals surface area contributed by atoms with E-state index in [1.807, 2.05) is 48.5 Å². The maximum absolute atomic E-state index is 12.1. The number of esters is 1. The minimum atomic E-state index is -0.816. The summed E-state index contributed by atoms with van der Waals surface area (Å²) < 4.78 is 15.5. The minimum Gasteiger partial charge on any atom is -0.496 e. The number of para-hydroxylation sites is 1. The molecule has 2 aromatic carbocycles. The van der Waals surface area contributed by atoms with Crippen molar-refractivity contribution in [3.63, 3.8) is 0 Å². The maximum Gasteiger partial charge on any atom is 0.328 e. The van der Waals surface area contributed by atoms with Crippen molar-refractivity contribution >= 4 is 11.9 Å². The lowest BCUT2D eigenvalue weighted by Crippen LogP contribution is -2.44. The first-order chi connectivity index (χ1) is 12.6. The summed E-state index contributed by atoms with van der Waals surface area (Å²) >= 11 is 0. The van der Waals surface area contributed by atoms with Gasteiger partial charge in [-0.1, -0.05) is 48.5 Å². The SMILES string of the molecule is COC(=O)[C@@H](Cc1ccccc1OC)NC(=O)COCc1ccccc1. The summed E-state index contributed by atoms with van der Waals surface area (Å²) in [5.74, 6) is -0.255. The molecule has 0 aromatic heterocycles. The van der Waals surface area contributed by atoms with E-state index in [4.69, 9.17) is 14.2 Å². The van der Waals surface area contributed by atoms with Crippen molar-refractivity contribution < 1.29 is 23.8 Å². The Hall–Kier alpha value is -2.86. The van der Waals surface area contributed by atoms with Gasteiger partial charge >= 0.3 is 5.97 Å². The number of methoxy groups -OCH3 is 2. The van der Waals surface area contributed by atoms with Crippen LogP contribution in [0.3, 0.4) is 0 Å². The fourth-order valence-corrected chi connectivity index (χ4v) is 2.50. The van der Waals surface area contributed by atoms with Gasteiger partial charge in [-0.05, 0) is 17.2 Å². The molecule has 1 amide bonds. The molecule has 0 unspecified atom stereocenters. The Morgan fingerprint density at radius 2 is 1.69 bits per heavy atom. The van der Waals surface area contributed by atoms with E-state index >= 15 is 0 Å². The van der Waals surface area contributed by atoms with Crippen LogP contribution in [0.25, 0.3) is 0 Å². The number of nitrogens with one attached hydrogen (secondary N) is 1. The lowest BCUT2D eigenvalue weighted by Gasteiger charge is -2.18. The second-order valence-electron chi connectivity index (χ2n) is 5.64. The van der Waals surface area contributed by atoms with Gasteiger partial charge in [0.1, 0.15) is 18.4 Å². The monoisotopic (exact) mass is 357 g/mol. The number of amides is 1. The normalized spacial score (nSPS) is 11.5. The summed E-state index contributed by atoms with van der Waals surface area (Å²) in [7, 11) is 2.84. The van der Waals surface area contributed by atoms with E-state index in [1.165, 1.54) is 7.11 Å². The van der Waals surface area contributed by atoms with Gasteiger partial charge in [-0.25, -0.2) is 4.79 Å². The first kappa shape index (κ1) is 19.5. The van der Waals surface area contributed by atoms with Crippen LogP contribution in [-0.2, 0) is 32.1 Å². The molecule has 0 bridgehead atoms. The van der Waals surface area contributed by atoms with Gasteiger partial charge in [0.2, 0.25) is 5.91 Å². The smallest absolute Gasteiger partial charge is 0.328 e. The molecule has 26 heavy (non-hydrogen) atoms. The van der Waals surface area contributed by atoms with Crippen molar-refractivity contribution in [2.75, 3.05) is 20.8 Å². The zero-order valence-electron chi connectivity index (χ0n) is 14.9. The van der Waals surface area contributed by atoms with Crippen molar-refractivity contribution in [2.24, 2.45) is 0 Å². The van der Waals surface area contributed by atoms with Gasteiger partial charge in [-0.3, -0.25) is 4.79 Å². The molecule has 138 valence electrons. The molecule has 6 heteroatoms. The van der Waals surface area contributed by atoms with E-state index in [1.54, 1.807) is 13.2 Å². The number of ether oxygens (including phenoxy) is 3. The van der Waals surface area contributed by atoms with Crippen molar-refractivity contribution in [1.29, 1.82) is 0 Å². The molecule has 1 atom stereocenters. The molecule has 0 saturated heterocycles. The maximum atomic E-state index is 12.1. The summed E-state index contributed by atoms with van der Waals surface area (Å²) in [6, 6.07) is 16.1. The molecule has 0 aliphatic rings. The van der Waals surface area contributed by atoms with Gasteiger partial charge in [0.05, 0.1) is 20.8 Å². The first-order valence-electron chi connectivity index (χ1n) is 8.24. The number of carbonyl (C=O) groups excluding carboxylic acids is 2. The Morgan fingerprint density at radius 3 is 2.38 bits per heavy atom. The highest BCUT2D eigenvalue weighted by Gasteiger charge is 2.23. The summed E-state index contributed by atoms with van der Waals surface area (Å²) in [6.07, 6.45) is 0.265. The molecule has 0 saturated carbocycles. The number of hydrogen-bond acceptors (Lipinski definition) is 5. The summed E-state index contributed by atoms with van der Waals surface area (Å²) in [5, 5.41) is 2.66. The first-order valence-corrected chi connectivity index (χ1v) is 8.24. The molecular formula is C20H23NO5. The van der Waals surface area contributed by atoms with Crippen LogP contribution in [-0.4, -0.2) is 38.7 Å². The van der Waals surface area contributed by atoms with E-state index in [0.29, 0.717) is 12.4 Å². The predicted molar refractivity (Wildman–Crippen MR) is 96.7 cm³/mol. The predicted octanol–water partition coefficient (Wildman–Crippen LogP) is 2.11. The molecule has 0 spiro atoms. The fourth-order valence-electron chi connectivity index (χ4n) is 2.50. The van der Waals surface area contributed by atoms with Gasteiger partial charge in [-0.15, -0.1) is 0 Å². The fraction of sp³-hybridized carbons (Fsp3) is 0.300. The lowest BCUT2D eigenvalue weighted by molar-refractivity contribution is -0.145. The topological polar surface area (TPSA) is 73.9 Å². The average molecular weight is 357 g/mol. The molecule has 0 radical (unpaired) electrons. The molecule has 0 aliphatic heterocycles. The third-order valence-electron chi connectivity index (χ3n) is 3.78. The van der Waals surface area contributed by atoms with Crippen LogP contribution in [0.4, 0.5) is 0 Å². The van der Waals surface area contributed by atoms with Crippen LogP contribution in [0.1, 0.15) is 11.1 Å². The van der Waals surface area contributed by atoms with Crippen LogP contribution in [0, 0.1) is 0 Å². The van der Waals surface area contributed by atoms with Crippen LogP contribution in [0.2, 0.25) is 0 Å². The van der Waals surface area contributed by atoms with E-state index in [0.717, 1.165) is 11.1 Å². The summed E-state index contributed by atoms with van der Waals surface area (Å²) in [4.78, 5) is 24.2. The number of carbonyl (C=O) groups is 2. The zero-order valence-corrected chi connectivity index (χ0v) is 14.9. The van der Waals surface area contributed by atoms with Crippen LogP contribution in [0.5, 0.6) is 5.75 Å². The molecule has 6 nitrogen and oxygen atoms in total. The second-order valence-corrected chi connectivity index (χ2v) is 5.64. The lowest BCUT2D eigenvalue weighted by atomic mass is 10.0. The highest BCUT2D eigenvalue weighted by atomic mass is 16.5. The highest BCUT2D eigenvalue weighted by Crippen LogP contribution is 2.19. The van der Waals surface area contributed by atoms with Gasteiger partial charge in [0, 0.05) is 6.42 Å². The Bertz CT molecular complexity index is 717. The third kappa shape index (κ3) is 5.89. The van der Waals surface area contributed by atoms with Crippen LogP contribution in [0.15, 0.2) is 54.6 Å². The number of rotatable bonds is 9. The quantitative estimate of drug-likeness (QED) is 0.696. The highest BCUT2D eigenvalue weighted by molar-refractivity contribution is 5.85. The van der Waals surface area contributed by atoms with Crippen LogP contribution >= 0.6 is 0 Å². The molecule has 0 aliphatic carbocycles. The number of hydrogen-bond donors (Lipinski definition) is 1. The Balaban J connectivity index is 1.92. The van der Waals surface area contributed by atoms with E-state index in [9.17, 15) is 9.59 Å². The van der Waals surface area contributed by atoms with Gasteiger partial charge in [0.15, 0.2) is 0 Å². The van der Waals surface area contributed by atoms with Gasteiger partial charge in [-0.2, -0.15) is 0 Å². The van der Waals surface area contributed by atoms with Crippen molar-refractivity contribution in [2.45, 2.75) is 19.1 Å². The molecule has 2 aromatic rings. The molecule has 0 fully saturated rings. The van der Waals surface area contributed by atoms with Gasteiger partial charge < -0.3 is 19.5 Å². The Labute approximate surface area is 153 Å². The zero-order chi connectivity index (χ0) is 18.8. The second kappa shape index (κ2) is 10.2. The van der Waals surface area contributed by atoms with Crippen molar-refractivity contribution in [3.05, 3.63) is 65.7 Å².